The normalized spacial score (nSPS) is 14.2. The largest absolute Gasteiger partial charge is 0.472 e. The Hall–Kier alpha value is -1.54. The SMILES string of the molecule is CC/C=C\C/C=C\C/C=C\C/C=C\CCCCCCCCCCCCCOCC(COP(=O)(O)OCCN)OC(=O)CCCCCCC. The molecule has 2 atom stereocenters. The number of carbonyl (C=O) groups is 1. The lowest BCUT2D eigenvalue weighted by molar-refractivity contribution is -0.154. The zero-order chi connectivity index (χ0) is 35.2. The number of hydrogen-bond acceptors (Lipinski definition) is 7. The van der Waals surface area contributed by atoms with Crippen LogP contribution in [0.2, 0.25) is 0 Å². The highest BCUT2D eigenvalue weighted by Crippen LogP contribution is 2.43. The average Bonchev–Trinajstić information content (AvgIpc) is 3.07. The maximum atomic E-state index is 12.3. The van der Waals surface area contributed by atoms with Gasteiger partial charge >= 0.3 is 13.8 Å². The van der Waals surface area contributed by atoms with Crippen LogP contribution < -0.4 is 5.73 Å². The van der Waals surface area contributed by atoms with Crippen molar-refractivity contribution in [2.45, 2.75) is 161 Å². The van der Waals surface area contributed by atoms with E-state index in [0.29, 0.717) is 13.0 Å². The van der Waals surface area contributed by atoms with Crippen LogP contribution in [0.5, 0.6) is 0 Å². The molecule has 48 heavy (non-hydrogen) atoms. The second kappa shape index (κ2) is 36.7. The number of carbonyl (C=O) groups excluding carboxylic acids is 1. The van der Waals surface area contributed by atoms with Gasteiger partial charge in [0.15, 0.2) is 0 Å². The quantitative estimate of drug-likeness (QED) is 0.0287. The average molecular weight is 698 g/mol. The van der Waals surface area contributed by atoms with Gasteiger partial charge < -0.3 is 20.1 Å². The smallest absolute Gasteiger partial charge is 0.457 e. The lowest BCUT2D eigenvalue weighted by Crippen LogP contribution is -2.28. The third-order valence-electron chi connectivity index (χ3n) is 7.76. The number of phosphoric ester groups is 1. The molecule has 0 aromatic rings. The number of rotatable bonds is 36. The molecule has 0 saturated heterocycles. The van der Waals surface area contributed by atoms with Gasteiger partial charge in [0.1, 0.15) is 6.10 Å². The van der Waals surface area contributed by atoms with E-state index in [1.165, 1.54) is 64.2 Å². The maximum Gasteiger partial charge on any atom is 0.472 e. The highest BCUT2D eigenvalue weighted by molar-refractivity contribution is 7.47. The van der Waals surface area contributed by atoms with E-state index in [1.807, 2.05) is 0 Å². The van der Waals surface area contributed by atoms with Crippen molar-refractivity contribution in [3.8, 4) is 0 Å². The third-order valence-corrected chi connectivity index (χ3v) is 8.74. The van der Waals surface area contributed by atoms with Gasteiger partial charge in [-0.15, -0.1) is 0 Å². The predicted octanol–water partition coefficient (Wildman–Crippen LogP) is 10.9. The molecule has 0 bridgehead atoms. The molecule has 0 aromatic carbocycles. The van der Waals surface area contributed by atoms with Crippen LogP contribution in [0.3, 0.4) is 0 Å². The summed E-state index contributed by atoms with van der Waals surface area (Å²) >= 11 is 0. The van der Waals surface area contributed by atoms with Gasteiger partial charge in [0.2, 0.25) is 0 Å². The minimum Gasteiger partial charge on any atom is -0.457 e. The van der Waals surface area contributed by atoms with E-state index in [1.54, 1.807) is 0 Å². The molecule has 0 heterocycles. The molecule has 9 heteroatoms. The summed E-state index contributed by atoms with van der Waals surface area (Å²) in [6, 6.07) is 0. The number of unbranched alkanes of at least 4 members (excludes halogenated alkanes) is 15. The lowest BCUT2D eigenvalue weighted by Gasteiger charge is -2.20. The van der Waals surface area contributed by atoms with Gasteiger partial charge in [0, 0.05) is 19.6 Å². The molecule has 0 aliphatic rings. The van der Waals surface area contributed by atoms with Crippen LogP contribution in [0.4, 0.5) is 0 Å². The second-order valence-electron chi connectivity index (χ2n) is 12.4. The fourth-order valence-electron chi connectivity index (χ4n) is 4.99. The fraction of sp³-hybridized carbons (Fsp3) is 0.769. The fourth-order valence-corrected chi connectivity index (χ4v) is 5.75. The van der Waals surface area contributed by atoms with Crippen molar-refractivity contribution in [2.75, 3.05) is 33.0 Å². The molecule has 0 aromatic heterocycles. The number of ether oxygens (including phenoxy) is 2. The molecule has 0 aliphatic heterocycles. The topological polar surface area (TPSA) is 117 Å². The van der Waals surface area contributed by atoms with Gasteiger partial charge in [-0.05, 0) is 51.4 Å². The van der Waals surface area contributed by atoms with Crippen molar-refractivity contribution in [1.82, 2.24) is 0 Å². The first-order valence-electron chi connectivity index (χ1n) is 19.1. The Labute approximate surface area is 294 Å². The van der Waals surface area contributed by atoms with Gasteiger partial charge in [-0.2, -0.15) is 0 Å². The standard InChI is InChI=1S/C39H72NO7P/c1-3-5-7-9-10-11-12-13-14-15-16-17-18-19-20-21-22-23-24-25-26-27-29-31-34-44-36-38(37-46-48(42,43)45-35-33-40)47-39(41)32-30-28-8-6-4-2/h5,7,10-11,13-14,16-17,38H,3-4,6,8-9,12,15,18-37,40H2,1-2H3,(H,42,43)/b7-5-,11-10-,14-13-,17-16-. The van der Waals surface area contributed by atoms with Gasteiger partial charge in [-0.3, -0.25) is 13.8 Å². The summed E-state index contributed by atoms with van der Waals surface area (Å²) < 4.78 is 33.1. The predicted molar refractivity (Wildman–Crippen MR) is 201 cm³/mol. The molecule has 0 aliphatic carbocycles. The Morgan fingerprint density at radius 1 is 0.646 bits per heavy atom. The molecule has 0 saturated carbocycles. The molecular formula is C39H72NO7P. The van der Waals surface area contributed by atoms with Crippen molar-refractivity contribution < 1.29 is 32.8 Å². The summed E-state index contributed by atoms with van der Waals surface area (Å²) in [4.78, 5) is 22.1. The Kier molecular flexibility index (Phi) is 35.6. The van der Waals surface area contributed by atoms with Crippen LogP contribution in [0.1, 0.15) is 155 Å². The second-order valence-corrected chi connectivity index (χ2v) is 13.9. The number of nitrogens with two attached hydrogens (primary N) is 1. The molecule has 0 amide bonds. The Morgan fingerprint density at radius 2 is 1.17 bits per heavy atom. The number of hydrogen-bond donors (Lipinski definition) is 2. The van der Waals surface area contributed by atoms with Gasteiger partial charge in [0.25, 0.3) is 0 Å². The molecule has 0 spiro atoms. The van der Waals surface area contributed by atoms with Crippen molar-refractivity contribution in [3.63, 3.8) is 0 Å². The Morgan fingerprint density at radius 3 is 1.75 bits per heavy atom. The van der Waals surface area contributed by atoms with Gasteiger partial charge in [0.05, 0.1) is 19.8 Å². The van der Waals surface area contributed by atoms with Gasteiger partial charge in [-0.1, -0.05) is 146 Å². The highest BCUT2D eigenvalue weighted by atomic mass is 31.2. The summed E-state index contributed by atoms with van der Waals surface area (Å²) in [7, 11) is -4.26. The van der Waals surface area contributed by atoms with Crippen LogP contribution in [0.25, 0.3) is 0 Å². The van der Waals surface area contributed by atoms with Crippen LogP contribution >= 0.6 is 7.82 Å². The minimum absolute atomic E-state index is 0.0970. The summed E-state index contributed by atoms with van der Waals surface area (Å²) in [6.07, 6.45) is 41.7. The summed E-state index contributed by atoms with van der Waals surface area (Å²) in [6.45, 7) is 4.70. The molecule has 8 nitrogen and oxygen atoms in total. The molecular weight excluding hydrogens is 625 g/mol. The summed E-state index contributed by atoms with van der Waals surface area (Å²) in [5.74, 6) is -0.346. The number of phosphoric acid groups is 1. The Balaban J connectivity index is 3.83. The molecule has 2 unspecified atom stereocenters. The zero-order valence-corrected chi connectivity index (χ0v) is 31.6. The number of esters is 1. The van der Waals surface area contributed by atoms with Crippen molar-refractivity contribution in [3.05, 3.63) is 48.6 Å². The van der Waals surface area contributed by atoms with Gasteiger partial charge in [-0.25, -0.2) is 4.57 Å². The highest BCUT2D eigenvalue weighted by Gasteiger charge is 2.25. The lowest BCUT2D eigenvalue weighted by atomic mass is 10.1. The van der Waals surface area contributed by atoms with E-state index in [0.717, 1.165) is 70.6 Å². The Bertz CT molecular complexity index is 874. The van der Waals surface area contributed by atoms with E-state index in [2.05, 4.69) is 62.5 Å². The molecule has 0 fully saturated rings. The molecule has 280 valence electrons. The first-order chi connectivity index (χ1) is 23.4. The van der Waals surface area contributed by atoms with E-state index in [9.17, 15) is 14.3 Å². The summed E-state index contributed by atoms with van der Waals surface area (Å²) in [5, 5.41) is 0. The van der Waals surface area contributed by atoms with E-state index >= 15 is 0 Å². The summed E-state index contributed by atoms with van der Waals surface area (Å²) in [5.41, 5.74) is 5.33. The first-order valence-corrected chi connectivity index (χ1v) is 20.6. The number of allylic oxidation sites excluding steroid dienone is 8. The minimum atomic E-state index is -4.26. The first kappa shape index (κ1) is 46.5. The molecule has 3 N–H and O–H groups in total. The molecule has 0 radical (unpaired) electrons. The van der Waals surface area contributed by atoms with Crippen LogP contribution in [-0.2, 0) is 27.9 Å². The van der Waals surface area contributed by atoms with E-state index in [-0.39, 0.29) is 32.3 Å². The molecule has 0 rings (SSSR count). The monoisotopic (exact) mass is 698 g/mol. The van der Waals surface area contributed by atoms with Crippen molar-refractivity contribution >= 4 is 13.8 Å². The van der Waals surface area contributed by atoms with E-state index in [4.69, 9.17) is 24.3 Å². The van der Waals surface area contributed by atoms with Crippen LogP contribution in [0, 0.1) is 0 Å². The van der Waals surface area contributed by atoms with Crippen LogP contribution in [-0.4, -0.2) is 49.9 Å². The maximum absolute atomic E-state index is 12.3. The zero-order valence-electron chi connectivity index (χ0n) is 30.7. The van der Waals surface area contributed by atoms with Crippen LogP contribution in [0.15, 0.2) is 48.6 Å². The van der Waals surface area contributed by atoms with E-state index < -0.39 is 13.9 Å². The van der Waals surface area contributed by atoms with Crippen molar-refractivity contribution in [1.29, 1.82) is 0 Å². The van der Waals surface area contributed by atoms with Crippen molar-refractivity contribution in [2.24, 2.45) is 5.73 Å². The third kappa shape index (κ3) is 35.8.